The normalized spacial score (nSPS) is 18.1. The zero-order chi connectivity index (χ0) is 16.2. The van der Waals surface area contributed by atoms with Crippen molar-refractivity contribution < 1.29 is 9.53 Å². The van der Waals surface area contributed by atoms with Gasteiger partial charge in [-0.15, -0.1) is 0 Å². The van der Waals surface area contributed by atoms with Crippen LogP contribution in [0.2, 0.25) is 5.02 Å². The number of H-pyrrole nitrogens is 1. The Morgan fingerprint density at radius 3 is 3.04 bits per heavy atom. The molecule has 2 unspecified atom stereocenters. The van der Waals surface area contributed by atoms with Crippen LogP contribution >= 0.6 is 11.6 Å². The van der Waals surface area contributed by atoms with Crippen molar-refractivity contribution in [2.45, 2.75) is 38.2 Å². The smallest absolute Gasteiger partial charge is 0.229 e. The maximum Gasteiger partial charge on any atom is 0.229 e. The molecule has 0 spiro atoms. The van der Waals surface area contributed by atoms with Gasteiger partial charge in [0.05, 0.1) is 24.4 Å². The standard InChI is InChI=1S/C17H20ClN3O2/c1-11(23-14-7-5-13(18)6-8-14)9-19-17(22)15-4-2-3-12-10-20-21-16(12)15/h5-8,10-11,15H,2-4,9H2,1H3,(H,19,22)(H,20,21). The molecule has 1 aliphatic rings. The first-order chi connectivity index (χ1) is 11.1. The minimum atomic E-state index is -0.135. The second kappa shape index (κ2) is 7.04. The van der Waals surface area contributed by atoms with E-state index in [-0.39, 0.29) is 17.9 Å². The molecular formula is C17H20ClN3O2. The van der Waals surface area contributed by atoms with Crippen molar-refractivity contribution in [2.24, 2.45) is 0 Å². The molecule has 0 radical (unpaired) electrons. The molecule has 0 aliphatic heterocycles. The highest BCUT2D eigenvalue weighted by molar-refractivity contribution is 6.30. The molecule has 1 heterocycles. The number of nitrogens with one attached hydrogen (secondary N) is 2. The first-order valence-electron chi connectivity index (χ1n) is 7.85. The lowest BCUT2D eigenvalue weighted by molar-refractivity contribution is -0.123. The number of hydrogen-bond donors (Lipinski definition) is 2. The summed E-state index contributed by atoms with van der Waals surface area (Å²) in [5, 5.41) is 10.7. The van der Waals surface area contributed by atoms with E-state index in [9.17, 15) is 4.79 Å². The number of aryl methyl sites for hydroxylation is 1. The van der Waals surface area contributed by atoms with Crippen LogP contribution in [0.4, 0.5) is 0 Å². The van der Waals surface area contributed by atoms with Crippen molar-refractivity contribution in [2.75, 3.05) is 6.54 Å². The van der Waals surface area contributed by atoms with Crippen molar-refractivity contribution in [3.8, 4) is 5.75 Å². The van der Waals surface area contributed by atoms with E-state index >= 15 is 0 Å². The van der Waals surface area contributed by atoms with Crippen LogP contribution in [-0.4, -0.2) is 28.8 Å². The number of ether oxygens (including phenoxy) is 1. The molecule has 6 heteroatoms. The number of fused-ring (bicyclic) bond motifs is 1. The fraction of sp³-hybridized carbons (Fsp3) is 0.412. The molecule has 0 saturated heterocycles. The van der Waals surface area contributed by atoms with Crippen LogP contribution in [0.5, 0.6) is 5.75 Å². The molecule has 0 saturated carbocycles. The maximum absolute atomic E-state index is 12.4. The van der Waals surface area contributed by atoms with Crippen molar-refractivity contribution in [3.05, 3.63) is 46.7 Å². The highest BCUT2D eigenvalue weighted by Crippen LogP contribution is 2.29. The van der Waals surface area contributed by atoms with Gasteiger partial charge in [-0.3, -0.25) is 9.89 Å². The number of amides is 1. The minimum Gasteiger partial charge on any atom is -0.489 e. The number of nitrogens with zero attached hydrogens (tertiary/aromatic N) is 1. The quantitative estimate of drug-likeness (QED) is 0.883. The third-order valence-corrected chi connectivity index (χ3v) is 4.32. The first-order valence-corrected chi connectivity index (χ1v) is 8.23. The molecule has 0 fully saturated rings. The largest absolute Gasteiger partial charge is 0.489 e. The van der Waals surface area contributed by atoms with Crippen LogP contribution in [0.1, 0.15) is 36.9 Å². The first kappa shape index (κ1) is 15.9. The molecule has 1 aromatic carbocycles. The monoisotopic (exact) mass is 333 g/mol. The van der Waals surface area contributed by atoms with Crippen molar-refractivity contribution in [1.82, 2.24) is 15.5 Å². The Labute approximate surface area is 140 Å². The Hall–Kier alpha value is -2.01. The average molecular weight is 334 g/mol. The number of hydrogen-bond acceptors (Lipinski definition) is 3. The molecule has 5 nitrogen and oxygen atoms in total. The van der Waals surface area contributed by atoms with Gasteiger partial charge in [0.1, 0.15) is 11.9 Å². The molecule has 0 bridgehead atoms. The van der Waals surface area contributed by atoms with Crippen LogP contribution in [0.15, 0.2) is 30.5 Å². The van der Waals surface area contributed by atoms with E-state index in [1.54, 1.807) is 12.1 Å². The summed E-state index contributed by atoms with van der Waals surface area (Å²) in [5.74, 6) is 0.635. The van der Waals surface area contributed by atoms with Crippen LogP contribution in [0.25, 0.3) is 0 Å². The number of aromatic amines is 1. The Morgan fingerprint density at radius 2 is 2.26 bits per heavy atom. The third-order valence-electron chi connectivity index (χ3n) is 4.07. The molecule has 2 aromatic rings. The highest BCUT2D eigenvalue weighted by Gasteiger charge is 2.28. The number of aromatic nitrogens is 2. The van der Waals surface area contributed by atoms with Gasteiger partial charge in [-0.2, -0.15) is 5.10 Å². The Morgan fingerprint density at radius 1 is 1.48 bits per heavy atom. The maximum atomic E-state index is 12.4. The highest BCUT2D eigenvalue weighted by atomic mass is 35.5. The average Bonchev–Trinajstić information content (AvgIpc) is 3.03. The SMILES string of the molecule is CC(CNC(=O)C1CCCc2cn[nH]c21)Oc1ccc(Cl)cc1. The fourth-order valence-corrected chi connectivity index (χ4v) is 3.01. The summed E-state index contributed by atoms with van der Waals surface area (Å²) in [7, 11) is 0. The zero-order valence-electron chi connectivity index (χ0n) is 13.0. The van der Waals surface area contributed by atoms with E-state index in [2.05, 4.69) is 15.5 Å². The lowest BCUT2D eigenvalue weighted by atomic mass is 9.87. The molecular weight excluding hydrogens is 314 g/mol. The summed E-state index contributed by atoms with van der Waals surface area (Å²) in [5.41, 5.74) is 2.11. The van der Waals surface area contributed by atoms with Gasteiger partial charge in [0.15, 0.2) is 0 Å². The summed E-state index contributed by atoms with van der Waals surface area (Å²) in [4.78, 5) is 12.4. The van der Waals surface area contributed by atoms with E-state index in [0.717, 1.165) is 36.3 Å². The molecule has 3 rings (SSSR count). The van der Waals surface area contributed by atoms with Crippen molar-refractivity contribution in [1.29, 1.82) is 0 Å². The fourth-order valence-electron chi connectivity index (χ4n) is 2.88. The van der Waals surface area contributed by atoms with E-state index in [0.29, 0.717) is 11.6 Å². The van der Waals surface area contributed by atoms with Crippen LogP contribution < -0.4 is 10.1 Å². The Kier molecular flexibility index (Phi) is 4.86. The molecule has 23 heavy (non-hydrogen) atoms. The molecule has 1 aliphatic carbocycles. The second-order valence-electron chi connectivity index (χ2n) is 5.88. The van der Waals surface area contributed by atoms with Gasteiger partial charge in [0.25, 0.3) is 0 Å². The van der Waals surface area contributed by atoms with Gasteiger partial charge in [0.2, 0.25) is 5.91 Å². The van der Waals surface area contributed by atoms with Gasteiger partial charge in [-0.1, -0.05) is 11.6 Å². The summed E-state index contributed by atoms with van der Waals surface area (Å²) in [6.45, 7) is 2.39. The minimum absolute atomic E-state index is 0.0294. The van der Waals surface area contributed by atoms with E-state index in [1.807, 2.05) is 25.3 Å². The Bertz CT molecular complexity index is 669. The number of rotatable bonds is 5. The van der Waals surface area contributed by atoms with Crippen LogP contribution in [-0.2, 0) is 11.2 Å². The van der Waals surface area contributed by atoms with E-state index < -0.39 is 0 Å². The number of benzene rings is 1. The predicted octanol–water partition coefficient (Wildman–Crippen LogP) is 3.07. The van der Waals surface area contributed by atoms with Gasteiger partial charge in [0, 0.05) is 5.02 Å². The van der Waals surface area contributed by atoms with Crippen LogP contribution in [0.3, 0.4) is 0 Å². The molecule has 1 aromatic heterocycles. The lowest BCUT2D eigenvalue weighted by Gasteiger charge is -2.22. The Balaban J connectivity index is 1.52. The van der Waals surface area contributed by atoms with E-state index in [1.165, 1.54) is 0 Å². The van der Waals surface area contributed by atoms with Gasteiger partial charge in [-0.25, -0.2) is 0 Å². The topological polar surface area (TPSA) is 67.0 Å². The lowest BCUT2D eigenvalue weighted by Crippen LogP contribution is -2.37. The number of halogens is 1. The molecule has 2 N–H and O–H groups in total. The summed E-state index contributed by atoms with van der Waals surface area (Å²) >= 11 is 5.85. The van der Waals surface area contributed by atoms with Crippen molar-refractivity contribution >= 4 is 17.5 Å². The third kappa shape index (κ3) is 3.85. The number of carbonyl (C=O) groups is 1. The second-order valence-corrected chi connectivity index (χ2v) is 6.32. The predicted molar refractivity (Wildman–Crippen MR) is 88.8 cm³/mol. The zero-order valence-corrected chi connectivity index (χ0v) is 13.8. The summed E-state index contributed by atoms with van der Waals surface area (Å²) in [6, 6.07) is 7.20. The van der Waals surface area contributed by atoms with Gasteiger partial charge >= 0.3 is 0 Å². The van der Waals surface area contributed by atoms with Gasteiger partial charge < -0.3 is 10.1 Å². The van der Waals surface area contributed by atoms with Gasteiger partial charge in [-0.05, 0) is 56.0 Å². The molecule has 2 atom stereocenters. The van der Waals surface area contributed by atoms with Crippen LogP contribution in [0, 0.1) is 0 Å². The summed E-state index contributed by atoms with van der Waals surface area (Å²) in [6.07, 6.45) is 4.56. The van der Waals surface area contributed by atoms with Crippen molar-refractivity contribution in [3.63, 3.8) is 0 Å². The molecule has 1 amide bonds. The summed E-state index contributed by atoms with van der Waals surface area (Å²) < 4.78 is 5.77. The molecule has 122 valence electrons. The number of carbonyl (C=O) groups excluding carboxylic acids is 1. The van der Waals surface area contributed by atoms with E-state index in [4.69, 9.17) is 16.3 Å².